The van der Waals surface area contributed by atoms with Crippen molar-refractivity contribution in [2.45, 2.75) is 37.4 Å². The average molecular weight is 314 g/mol. The molecule has 1 unspecified atom stereocenters. The van der Waals surface area contributed by atoms with Crippen LogP contribution in [-0.4, -0.2) is 31.6 Å². The lowest BCUT2D eigenvalue weighted by atomic mass is 9.78. The van der Waals surface area contributed by atoms with Crippen LogP contribution in [0.2, 0.25) is 0 Å². The number of H-pyrrole nitrogens is 1. The lowest BCUT2D eigenvalue weighted by molar-refractivity contribution is 0.239. The Hall–Kier alpha value is -2.32. The zero-order valence-electron chi connectivity index (χ0n) is 12.9. The number of hydrogen-bond donors (Lipinski definition) is 5. The number of rotatable bonds is 3. The summed E-state index contributed by atoms with van der Waals surface area (Å²) < 4.78 is 1.88. The van der Waals surface area contributed by atoms with Crippen LogP contribution in [0.4, 0.5) is 5.82 Å². The third-order valence-electron chi connectivity index (χ3n) is 4.80. The number of imidazole rings is 1. The summed E-state index contributed by atoms with van der Waals surface area (Å²) in [6.45, 7) is 0. The number of aromatic amines is 1. The van der Waals surface area contributed by atoms with Gasteiger partial charge < -0.3 is 22.2 Å². The first-order chi connectivity index (χ1) is 11.1. The lowest BCUT2D eigenvalue weighted by Gasteiger charge is -2.42. The molecule has 0 spiro atoms. The van der Waals surface area contributed by atoms with Gasteiger partial charge >= 0.3 is 0 Å². The minimum Gasteiger partial charge on any atom is -0.338 e. The van der Waals surface area contributed by atoms with Gasteiger partial charge in [-0.25, -0.2) is 9.66 Å². The predicted molar refractivity (Wildman–Crippen MR) is 88.6 cm³/mol. The number of nitrogens with zero attached hydrogens (tertiary/aromatic N) is 3. The summed E-state index contributed by atoms with van der Waals surface area (Å²) in [4.78, 5) is 4.40. The molecule has 2 aromatic rings. The van der Waals surface area contributed by atoms with Crippen molar-refractivity contribution in [3.8, 4) is 0 Å². The van der Waals surface area contributed by atoms with E-state index in [0.717, 1.165) is 43.0 Å². The molecule has 7 N–H and O–H groups in total. The molecule has 2 aromatic heterocycles. The van der Waals surface area contributed by atoms with E-state index in [1.54, 1.807) is 12.4 Å². The van der Waals surface area contributed by atoms with Crippen LogP contribution >= 0.6 is 0 Å². The third kappa shape index (κ3) is 2.60. The zero-order chi connectivity index (χ0) is 15.9. The van der Waals surface area contributed by atoms with Crippen LogP contribution in [0.1, 0.15) is 31.5 Å². The fourth-order valence-electron chi connectivity index (χ4n) is 3.51. The molecule has 0 amide bonds. The molecule has 1 atom stereocenters. The SMILES string of the molecule is NC1CCC(C2(N)C=C(Nc3ccn[nH]3)c3nccn3N2)CC1. The Morgan fingerprint density at radius 1 is 1.26 bits per heavy atom. The van der Waals surface area contributed by atoms with Crippen molar-refractivity contribution < 1.29 is 0 Å². The van der Waals surface area contributed by atoms with Gasteiger partial charge in [-0.3, -0.25) is 5.10 Å². The molecular formula is C15H22N8. The Kier molecular flexibility index (Phi) is 3.35. The van der Waals surface area contributed by atoms with Crippen LogP contribution in [0.3, 0.4) is 0 Å². The normalized spacial score (nSPS) is 30.3. The lowest BCUT2D eigenvalue weighted by Crippen LogP contribution is -2.58. The molecule has 0 radical (unpaired) electrons. The molecule has 0 saturated heterocycles. The summed E-state index contributed by atoms with van der Waals surface area (Å²) in [6.07, 6.45) is 11.4. The molecule has 122 valence electrons. The van der Waals surface area contributed by atoms with Crippen molar-refractivity contribution in [2.24, 2.45) is 17.4 Å². The van der Waals surface area contributed by atoms with Gasteiger partial charge in [0.15, 0.2) is 5.82 Å². The van der Waals surface area contributed by atoms with Gasteiger partial charge in [-0.1, -0.05) is 0 Å². The number of nitrogens with one attached hydrogen (secondary N) is 3. The van der Waals surface area contributed by atoms with E-state index >= 15 is 0 Å². The van der Waals surface area contributed by atoms with Crippen molar-refractivity contribution in [3.05, 3.63) is 36.6 Å². The highest BCUT2D eigenvalue weighted by molar-refractivity contribution is 5.74. The molecule has 0 bridgehead atoms. The largest absolute Gasteiger partial charge is 0.338 e. The van der Waals surface area contributed by atoms with Crippen molar-refractivity contribution in [3.63, 3.8) is 0 Å². The minimum absolute atomic E-state index is 0.300. The second-order valence-electron chi connectivity index (χ2n) is 6.43. The van der Waals surface area contributed by atoms with E-state index in [2.05, 4.69) is 25.9 Å². The Bertz CT molecular complexity index is 695. The highest BCUT2D eigenvalue weighted by Crippen LogP contribution is 2.35. The molecule has 8 nitrogen and oxygen atoms in total. The van der Waals surface area contributed by atoms with Crippen LogP contribution in [0, 0.1) is 5.92 Å². The van der Waals surface area contributed by atoms with Crippen LogP contribution < -0.4 is 22.2 Å². The van der Waals surface area contributed by atoms with Gasteiger partial charge in [0.25, 0.3) is 0 Å². The van der Waals surface area contributed by atoms with Crippen LogP contribution in [0.25, 0.3) is 5.70 Å². The molecule has 1 saturated carbocycles. The molecular weight excluding hydrogens is 292 g/mol. The minimum atomic E-state index is -0.629. The van der Waals surface area contributed by atoms with Crippen LogP contribution in [-0.2, 0) is 0 Å². The Labute approximate surface area is 134 Å². The maximum Gasteiger partial charge on any atom is 0.175 e. The summed E-state index contributed by atoms with van der Waals surface area (Å²) in [5.41, 5.74) is 16.4. The first-order valence-corrected chi connectivity index (χ1v) is 8.00. The van der Waals surface area contributed by atoms with E-state index in [1.807, 2.05) is 23.0 Å². The maximum absolute atomic E-state index is 6.73. The van der Waals surface area contributed by atoms with Gasteiger partial charge in [0, 0.05) is 30.4 Å². The van der Waals surface area contributed by atoms with Gasteiger partial charge in [0.1, 0.15) is 11.5 Å². The molecule has 1 aliphatic carbocycles. The molecule has 23 heavy (non-hydrogen) atoms. The fourth-order valence-corrected chi connectivity index (χ4v) is 3.51. The Morgan fingerprint density at radius 2 is 2.09 bits per heavy atom. The second-order valence-corrected chi connectivity index (χ2v) is 6.43. The zero-order valence-corrected chi connectivity index (χ0v) is 12.9. The van der Waals surface area contributed by atoms with E-state index in [-0.39, 0.29) is 0 Å². The Balaban J connectivity index is 1.65. The molecule has 2 aliphatic rings. The standard InChI is InChI=1S/C15H22N8/c16-11-3-1-10(2-4-11)15(17)9-12(20-13-5-6-19-21-13)14-18-7-8-23(14)22-15/h5-11,22H,1-4,16-17H2,(H2,19,20,21). The maximum atomic E-state index is 6.73. The van der Waals surface area contributed by atoms with Gasteiger partial charge in [-0.05, 0) is 31.8 Å². The van der Waals surface area contributed by atoms with E-state index in [0.29, 0.717) is 12.0 Å². The first-order valence-electron chi connectivity index (χ1n) is 8.00. The number of hydrogen-bond acceptors (Lipinski definition) is 6. The Morgan fingerprint density at radius 3 is 2.83 bits per heavy atom. The van der Waals surface area contributed by atoms with Crippen LogP contribution in [0.15, 0.2) is 30.7 Å². The summed E-state index contributed by atoms with van der Waals surface area (Å²) in [5, 5.41) is 10.2. The van der Waals surface area contributed by atoms with Crippen molar-refractivity contribution >= 4 is 11.5 Å². The van der Waals surface area contributed by atoms with Gasteiger partial charge in [-0.2, -0.15) is 5.10 Å². The van der Waals surface area contributed by atoms with E-state index in [1.165, 1.54) is 0 Å². The summed E-state index contributed by atoms with van der Waals surface area (Å²) in [7, 11) is 0. The number of fused-ring (bicyclic) bond motifs is 1. The summed E-state index contributed by atoms with van der Waals surface area (Å²) >= 11 is 0. The van der Waals surface area contributed by atoms with Crippen LogP contribution in [0.5, 0.6) is 0 Å². The summed E-state index contributed by atoms with van der Waals surface area (Å²) in [5.74, 6) is 1.94. The van der Waals surface area contributed by atoms with Crippen molar-refractivity contribution in [1.29, 1.82) is 0 Å². The highest BCUT2D eigenvalue weighted by Gasteiger charge is 2.39. The van der Waals surface area contributed by atoms with Crippen molar-refractivity contribution in [1.82, 2.24) is 19.9 Å². The average Bonchev–Trinajstić information content (AvgIpc) is 3.19. The van der Waals surface area contributed by atoms with E-state index in [9.17, 15) is 0 Å². The predicted octanol–water partition coefficient (Wildman–Crippen LogP) is 0.789. The molecule has 4 rings (SSSR count). The first kappa shape index (κ1) is 14.3. The number of aromatic nitrogens is 4. The molecule has 3 heterocycles. The molecule has 1 fully saturated rings. The quantitative estimate of drug-likeness (QED) is 0.571. The van der Waals surface area contributed by atoms with Gasteiger partial charge in [-0.15, -0.1) is 0 Å². The van der Waals surface area contributed by atoms with E-state index < -0.39 is 5.66 Å². The molecule has 1 aliphatic heterocycles. The smallest absolute Gasteiger partial charge is 0.175 e. The second kappa shape index (κ2) is 5.39. The topological polar surface area (TPSA) is 123 Å². The molecule has 0 aromatic carbocycles. The summed E-state index contributed by atoms with van der Waals surface area (Å²) in [6, 6.07) is 2.17. The highest BCUT2D eigenvalue weighted by atomic mass is 15.5. The molecule has 8 heteroatoms. The monoisotopic (exact) mass is 314 g/mol. The fraction of sp³-hybridized carbons (Fsp3) is 0.467. The number of nitrogens with two attached hydrogens (primary N) is 2. The van der Waals surface area contributed by atoms with E-state index in [4.69, 9.17) is 11.5 Å². The van der Waals surface area contributed by atoms with Gasteiger partial charge in [0.05, 0.1) is 11.9 Å². The third-order valence-corrected chi connectivity index (χ3v) is 4.80. The van der Waals surface area contributed by atoms with Crippen molar-refractivity contribution in [2.75, 3.05) is 10.7 Å². The van der Waals surface area contributed by atoms with Gasteiger partial charge in [0.2, 0.25) is 0 Å². The number of anilines is 1.